The number of sulfone groups is 1. The zero-order valence-electron chi connectivity index (χ0n) is 6.77. The zero-order chi connectivity index (χ0) is 8.65. The molecular formula is C6H12O4S. The first-order valence-corrected chi connectivity index (χ1v) is 5.09. The molecule has 1 fully saturated rings. The molecule has 1 aliphatic heterocycles. The summed E-state index contributed by atoms with van der Waals surface area (Å²) in [6, 6.07) is 0. The Kier molecular flexibility index (Phi) is 2.22. The predicted molar refractivity (Wildman–Crippen MR) is 39.5 cm³/mol. The Morgan fingerprint density at radius 1 is 1.00 bits per heavy atom. The van der Waals surface area contributed by atoms with E-state index in [0.29, 0.717) is 0 Å². The number of hydrogen-bond acceptors (Lipinski definition) is 4. The topological polar surface area (TPSA) is 52.6 Å². The van der Waals surface area contributed by atoms with Crippen LogP contribution in [0.2, 0.25) is 0 Å². The average Bonchev–Trinajstić information content (AvgIpc) is 1.84. The van der Waals surface area contributed by atoms with E-state index >= 15 is 0 Å². The van der Waals surface area contributed by atoms with Gasteiger partial charge in [0.05, 0.1) is 0 Å². The van der Waals surface area contributed by atoms with Gasteiger partial charge >= 0.3 is 0 Å². The molecule has 5 heteroatoms. The molecule has 1 aliphatic rings. The highest BCUT2D eigenvalue weighted by molar-refractivity contribution is 7.92. The summed E-state index contributed by atoms with van der Waals surface area (Å²) < 4.78 is 32.3. The Balaban J connectivity index is 2.85. The minimum atomic E-state index is -3.22. The zero-order valence-corrected chi connectivity index (χ0v) is 7.59. The van der Waals surface area contributed by atoms with Crippen molar-refractivity contribution < 1.29 is 17.9 Å². The second-order valence-corrected chi connectivity index (χ2v) is 5.07. The van der Waals surface area contributed by atoms with Crippen LogP contribution in [0.3, 0.4) is 0 Å². The third-order valence-electron chi connectivity index (χ3n) is 1.69. The summed E-state index contributed by atoms with van der Waals surface area (Å²) >= 11 is 0. The third-order valence-corrected chi connectivity index (χ3v) is 3.76. The molecule has 0 saturated carbocycles. The highest BCUT2D eigenvalue weighted by atomic mass is 32.2. The predicted octanol–water partition coefficient (Wildman–Crippen LogP) is 0.486. The summed E-state index contributed by atoms with van der Waals surface area (Å²) in [6.07, 6.45) is -0.427. The van der Waals surface area contributed by atoms with Crippen LogP contribution in [0.15, 0.2) is 0 Å². The molecule has 0 aliphatic carbocycles. The molecule has 0 spiro atoms. The Morgan fingerprint density at radius 3 is 1.73 bits per heavy atom. The van der Waals surface area contributed by atoms with Crippen LogP contribution in [0, 0.1) is 0 Å². The second-order valence-electron chi connectivity index (χ2n) is 2.56. The fraction of sp³-hybridized carbons (Fsp3) is 1.00. The standard InChI is InChI=1S/C6H12O4S/c1-4-9-5(2)11(7,8)6(3)10-4/h4-6H,1-3H3. The quantitative estimate of drug-likeness (QED) is 0.544. The van der Waals surface area contributed by atoms with E-state index in [1.807, 2.05) is 0 Å². The second kappa shape index (κ2) is 2.73. The molecule has 0 radical (unpaired) electrons. The number of ether oxygens (including phenoxy) is 2. The SMILES string of the molecule is CC1OC(C)S(=O)(=O)C(C)O1. The van der Waals surface area contributed by atoms with E-state index in [4.69, 9.17) is 9.47 Å². The molecule has 0 amide bonds. The minimum Gasteiger partial charge on any atom is -0.334 e. The van der Waals surface area contributed by atoms with Gasteiger partial charge in [0, 0.05) is 0 Å². The van der Waals surface area contributed by atoms with Crippen LogP contribution in [0.5, 0.6) is 0 Å². The lowest BCUT2D eigenvalue weighted by Gasteiger charge is -2.30. The van der Waals surface area contributed by atoms with Gasteiger partial charge in [0.15, 0.2) is 17.2 Å². The van der Waals surface area contributed by atoms with Crippen LogP contribution in [-0.2, 0) is 19.3 Å². The Hall–Kier alpha value is -0.130. The number of rotatable bonds is 0. The summed E-state index contributed by atoms with van der Waals surface area (Å²) in [6.45, 7) is 4.72. The van der Waals surface area contributed by atoms with Crippen LogP contribution in [-0.4, -0.2) is 25.6 Å². The Morgan fingerprint density at radius 2 is 1.36 bits per heavy atom. The molecule has 1 rings (SSSR count). The van der Waals surface area contributed by atoms with E-state index in [9.17, 15) is 8.42 Å². The fourth-order valence-corrected chi connectivity index (χ4v) is 2.16. The molecule has 2 atom stereocenters. The highest BCUT2D eigenvalue weighted by Crippen LogP contribution is 2.21. The summed E-state index contributed by atoms with van der Waals surface area (Å²) in [5.74, 6) is 0. The highest BCUT2D eigenvalue weighted by Gasteiger charge is 2.36. The maximum atomic E-state index is 11.2. The third kappa shape index (κ3) is 1.55. The molecule has 0 bridgehead atoms. The van der Waals surface area contributed by atoms with Crippen molar-refractivity contribution in [2.24, 2.45) is 0 Å². The first-order chi connectivity index (χ1) is 4.94. The lowest BCUT2D eigenvalue weighted by Crippen LogP contribution is -2.42. The number of hydrogen-bond donors (Lipinski definition) is 0. The van der Waals surface area contributed by atoms with Crippen LogP contribution in [0.25, 0.3) is 0 Å². The molecule has 0 N–H and O–H groups in total. The lowest BCUT2D eigenvalue weighted by molar-refractivity contribution is -0.161. The van der Waals surface area contributed by atoms with Gasteiger partial charge in [-0.05, 0) is 20.8 Å². The summed E-state index contributed by atoms with van der Waals surface area (Å²) in [7, 11) is -3.22. The molecule has 4 nitrogen and oxygen atoms in total. The fourth-order valence-electron chi connectivity index (χ4n) is 0.997. The molecular weight excluding hydrogens is 168 g/mol. The van der Waals surface area contributed by atoms with E-state index in [2.05, 4.69) is 0 Å². The summed E-state index contributed by atoms with van der Waals surface area (Å²) in [5.41, 5.74) is -1.50. The first kappa shape index (κ1) is 8.96. The van der Waals surface area contributed by atoms with Crippen molar-refractivity contribution in [3.05, 3.63) is 0 Å². The first-order valence-electron chi connectivity index (χ1n) is 3.48. The average molecular weight is 180 g/mol. The lowest BCUT2D eigenvalue weighted by atomic mass is 10.7. The smallest absolute Gasteiger partial charge is 0.203 e. The van der Waals surface area contributed by atoms with E-state index < -0.39 is 27.0 Å². The maximum Gasteiger partial charge on any atom is 0.203 e. The van der Waals surface area contributed by atoms with Gasteiger partial charge < -0.3 is 9.47 Å². The van der Waals surface area contributed by atoms with Gasteiger partial charge in [0.25, 0.3) is 0 Å². The van der Waals surface area contributed by atoms with E-state index in [-0.39, 0.29) is 0 Å². The Bertz CT molecular complexity index is 215. The van der Waals surface area contributed by atoms with E-state index in [1.54, 1.807) is 6.92 Å². The van der Waals surface area contributed by atoms with Crippen molar-refractivity contribution >= 4 is 9.84 Å². The van der Waals surface area contributed by atoms with Gasteiger partial charge in [0.2, 0.25) is 9.84 Å². The van der Waals surface area contributed by atoms with Crippen LogP contribution >= 0.6 is 0 Å². The largest absolute Gasteiger partial charge is 0.334 e. The van der Waals surface area contributed by atoms with E-state index in [1.165, 1.54) is 13.8 Å². The van der Waals surface area contributed by atoms with Gasteiger partial charge in [-0.3, -0.25) is 0 Å². The van der Waals surface area contributed by atoms with Gasteiger partial charge in [-0.25, -0.2) is 8.42 Å². The molecule has 1 saturated heterocycles. The van der Waals surface area contributed by atoms with Crippen LogP contribution < -0.4 is 0 Å². The molecule has 0 aromatic heterocycles. The molecule has 11 heavy (non-hydrogen) atoms. The Labute approximate surface area is 66.4 Å². The maximum absolute atomic E-state index is 11.2. The molecule has 0 aromatic rings. The molecule has 2 unspecified atom stereocenters. The van der Waals surface area contributed by atoms with Crippen molar-refractivity contribution in [3.63, 3.8) is 0 Å². The van der Waals surface area contributed by atoms with Crippen molar-refractivity contribution in [3.8, 4) is 0 Å². The van der Waals surface area contributed by atoms with Crippen molar-refractivity contribution in [2.45, 2.75) is 37.9 Å². The van der Waals surface area contributed by atoms with Gasteiger partial charge in [-0.2, -0.15) is 0 Å². The minimum absolute atomic E-state index is 0.427. The monoisotopic (exact) mass is 180 g/mol. The van der Waals surface area contributed by atoms with Crippen molar-refractivity contribution in [1.82, 2.24) is 0 Å². The summed E-state index contributed by atoms with van der Waals surface area (Å²) in [5, 5.41) is 0. The van der Waals surface area contributed by atoms with Crippen LogP contribution in [0.4, 0.5) is 0 Å². The summed E-state index contributed by atoms with van der Waals surface area (Å²) in [4.78, 5) is 0. The molecule has 0 aromatic carbocycles. The molecule has 1 heterocycles. The van der Waals surface area contributed by atoms with Crippen LogP contribution in [0.1, 0.15) is 20.8 Å². The van der Waals surface area contributed by atoms with Gasteiger partial charge in [-0.1, -0.05) is 0 Å². The molecule has 66 valence electrons. The van der Waals surface area contributed by atoms with E-state index in [0.717, 1.165) is 0 Å². The van der Waals surface area contributed by atoms with Crippen molar-refractivity contribution in [1.29, 1.82) is 0 Å². The van der Waals surface area contributed by atoms with Gasteiger partial charge in [0.1, 0.15) is 0 Å². The van der Waals surface area contributed by atoms with Gasteiger partial charge in [-0.15, -0.1) is 0 Å². The van der Waals surface area contributed by atoms with Crippen molar-refractivity contribution in [2.75, 3.05) is 0 Å². The normalized spacial score (nSPS) is 43.7.